The van der Waals surface area contributed by atoms with E-state index in [0.717, 1.165) is 30.3 Å². The predicted molar refractivity (Wildman–Crippen MR) is 151 cm³/mol. The van der Waals surface area contributed by atoms with Crippen molar-refractivity contribution in [3.8, 4) is 11.3 Å². The molecule has 1 atom stereocenters. The Kier molecular flexibility index (Phi) is 8.32. The number of nitrogens with one attached hydrogen (secondary N) is 1. The van der Waals surface area contributed by atoms with E-state index < -0.39 is 23.6 Å². The Labute approximate surface area is 243 Å². The summed E-state index contributed by atoms with van der Waals surface area (Å²) in [4.78, 5) is 18.9. The Morgan fingerprint density at radius 1 is 0.837 bits per heavy atom. The van der Waals surface area contributed by atoms with Crippen LogP contribution in [0, 0.1) is 0 Å². The van der Waals surface area contributed by atoms with Gasteiger partial charge in [0, 0.05) is 23.2 Å². The van der Waals surface area contributed by atoms with Gasteiger partial charge in [-0.1, -0.05) is 43.3 Å². The molecule has 12 heteroatoms. The van der Waals surface area contributed by atoms with E-state index in [0.29, 0.717) is 16.7 Å². The van der Waals surface area contributed by atoms with Gasteiger partial charge in [0.05, 0.1) is 35.2 Å². The van der Waals surface area contributed by atoms with Crippen LogP contribution in [-0.4, -0.2) is 31.9 Å². The zero-order valence-corrected chi connectivity index (χ0v) is 23.1. The zero-order chi connectivity index (χ0) is 30.8. The Morgan fingerprint density at radius 3 is 2.26 bits per heavy atom. The lowest BCUT2D eigenvalue weighted by molar-refractivity contribution is -0.141. The highest BCUT2D eigenvalue weighted by molar-refractivity contribution is 5.93. The van der Waals surface area contributed by atoms with Crippen molar-refractivity contribution in [3.63, 3.8) is 0 Å². The van der Waals surface area contributed by atoms with Crippen LogP contribution in [0.1, 0.15) is 42.0 Å². The molecule has 5 aromatic rings. The third-order valence-corrected chi connectivity index (χ3v) is 6.94. The number of fused-ring (bicyclic) bond motifs is 1. The molecule has 5 rings (SSSR count). The molecule has 0 saturated carbocycles. The highest BCUT2D eigenvalue weighted by Crippen LogP contribution is 2.37. The number of benzene rings is 2. The van der Waals surface area contributed by atoms with Crippen molar-refractivity contribution < 1.29 is 26.3 Å². The summed E-state index contributed by atoms with van der Waals surface area (Å²) in [6.07, 6.45) is -6.09. The fourth-order valence-corrected chi connectivity index (χ4v) is 4.94. The molecular formula is C31H26F6N6. The molecule has 0 fully saturated rings. The third kappa shape index (κ3) is 6.75. The molecule has 3 aromatic heterocycles. The van der Waals surface area contributed by atoms with Gasteiger partial charge in [-0.2, -0.15) is 26.3 Å². The monoisotopic (exact) mass is 596 g/mol. The van der Waals surface area contributed by atoms with E-state index in [1.54, 1.807) is 6.07 Å². The summed E-state index contributed by atoms with van der Waals surface area (Å²) in [7, 11) is 1.92. The minimum atomic E-state index is -4.62. The number of pyridine rings is 2. The van der Waals surface area contributed by atoms with E-state index in [9.17, 15) is 26.3 Å². The van der Waals surface area contributed by atoms with Gasteiger partial charge in [-0.15, -0.1) is 0 Å². The lowest BCUT2D eigenvalue weighted by Gasteiger charge is -2.27. The maximum Gasteiger partial charge on any atom is 0.433 e. The number of hydrogen-bond acceptors (Lipinski definition) is 6. The van der Waals surface area contributed by atoms with Crippen molar-refractivity contribution in [2.24, 2.45) is 0 Å². The second kappa shape index (κ2) is 12.0. The summed E-state index contributed by atoms with van der Waals surface area (Å²) in [6.45, 7) is 2.34. The molecule has 0 bridgehead atoms. The molecule has 0 spiro atoms. The Bertz CT molecular complexity index is 1710. The largest absolute Gasteiger partial charge is 0.433 e. The van der Waals surface area contributed by atoms with Gasteiger partial charge in [0.2, 0.25) is 0 Å². The fourth-order valence-electron chi connectivity index (χ4n) is 4.94. The Morgan fingerprint density at radius 2 is 1.60 bits per heavy atom. The molecule has 1 N–H and O–H groups in total. The summed E-state index contributed by atoms with van der Waals surface area (Å²) in [5.74, 6) is 0.632. The Hall–Kier alpha value is -4.58. The van der Waals surface area contributed by atoms with Gasteiger partial charge in [0.25, 0.3) is 0 Å². The molecule has 3 heterocycles. The predicted octanol–water partition coefficient (Wildman–Crippen LogP) is 8.45. The Balaban J connectivity index is 1.58. The SMILES string of the molecule is CCC(c1ccccc1)N(C)Cc1nc(Nc2ccc(C(F)(F)F)nc2)c2ccc(-c3ncccc3C(F)(F)F)cc2n1. The number of anilines is 2. The zero-order valence-electron chi connectivity index (χ0n) is 23.1. The summed E-state index contributed by atoms with van der Waals surface area (Å²) in [5, 5.41) is 3.47. The summed E-state index contributed by atoms with van der Waals surface area (Å²) in [6, 6.07) is 18.7. The lowest BCUT2D eigenvalue weighted by atomic mass is 10.0. The van der Waals surface area contributed by atoms with E-state index in [4.69, 9.17) is 0 Å². The van der Waals surface area contributed by atoms with Crippen LogP contribution in [0.25, 0.3) is 22.2 Å². The number of rotatable bonds is 8. The van der Waals surface area contributed by atoms with Crippen LogP contribution in [0.3, 0.4) is 0 Å². The van der Waals surface area contributed by atoms with E-state index in [1.807, 2.05) is 37.4 Å². The lowest BCUT2D eigenvalue weighted by Crippen LogP contribution is -2.25. The summed E-state index contributed by atoms with van der Waals surface area (Å²) >= 11 is 0. The van der Waals surface area contributed by atoms with Gasteiger partial charge in [0.15, 0.2) is 0 Å². The number of alkyl halides is 6. The average molecular weight is 597 g/mol. The van der Waals surface area contributed by atoms with Gasteiger partial charge >= 0.3 is 12.4 Å². The normalized spacial score (nSPS) is 13.0. The molecule has 0 aliphatic rings. The van der Waals surface area contributed by atoms with E-state index in [2.05, 4.69) is 37.1 Å². The first-order valence-corrected chi connectivity index (χ1v) is 13.3. The number of hydrogen-bond donors (Lipinski definition) is 1. The molecule has 0 aliphatic heterocycles. The van der Waals surface area contributed by atoms with Gasteiger partial charge in [0.1, 0.15) is 17.3 Å². The van der Waals surface area contributed by atoms with Crippen LogP contribution in [0.5, 0.6) is 0 Å². The highest BCUT2D eigenvalue weighted by Gasteiger charge is 2.34. The topological polar surface area (TPSA) is 66.8 Å². The van der Waals surface area contributed by atoms with Crippen LogP contribution in [-0.2, 0) is 18.9 Å². The van der Waals surface area contributed by atoms with Crippen molar-refractivity contribution in [3.05, 3.63) is 108 Å². The maximum atomic E-state index is 13.8. The smallest absolute Gasteiger partial charge is 0.338 e. The molecular weight excluding hydrogens is 570 g/mol. The molecule has 6 nitrogen and oxygen atoms in total. The second-order valence-corrected chi connectivity index (χ2v) is 9.92. The molecule has 0 saturated heterocycles. The van der Waals surface area contributed by atoms with Crippen LogP contribution < -0.4 is 5.32 Å². The maximum absolute atomic E-state index is 13.8. The van der Waals surface area contributed by atoms with Crippen LogP contribution in [0.2, 0.25) is 0 Å². The van der Waals surface area contributed by atoms with Crippen LogP contribution in [0.15, 0.2) is 85.2 Å². The molecule has 43 heavy (non-hydrogen) atoms. The second-order valence-electron chi connectivity index (χ2n) is 9.92. The van der Waals surface area contributed by atoms with Gasteiger partial charge < -0.3 is 5.32 Å². The molecule has 0 aliphatic carbocycles. The molecule has 0 radical (unpaired) electrons. The molecule has 0 amide bonds. The van der Waals surface area contributed by atoms with Gasteiger partial charge in [-0.25, -0.2) is 15.0 Å². The van der Waals surface area contributed by atoms with Gasteiger partial charge in [-0.3, -0.25) is 9.88 Å². The van der Waals surface area contributed by atoms with E-state index in [1.165, 1.54) is 30.5 Å². The number of halogens is 6. The van der Waals surface area contributed by atoms with Crippen molar-refractivity contribution in [2.45, 2.75) is 38.3 Å². The van der Waals surface area contributed by atoms with Crippen molar-refractivity contribution in [1.29, 1.82) is 0 Å². The summed E-state index contributed by atoms with van der Waals surface area (Å²) < 4.78 is 80.4. The molecule has 222 valence electrons. The minimum absolute atomic E-state index is 0.0326. The standard InChI is InChI=1S/C31H26F6N6/c1-3-25(19-8-5-4-6-9-19)43(2)18-27-41-24-16-20(28-23(30(32,33)34)10-7-15-38-28)11-13-22(24)29(42-27)40-21-12-14-26(39-17-21)31(35,36)37/h4-17,25H,3,18H2,1-2H3,(H,40,41,42). The quantitative estimate of drug-likeness (QED) is 0.181. The van der Waals surface area contributed by atoms with Crippen LogP contribution in [0.4, 0.5) is 37.8 Å². The van der Waals surface area contributed by atoms with E-state index >= 15 is 0 Å². The van der Waals surface area contributed by atoms with Gasteiger partial charge in [-0.05, 0) is 55.4 Å². The molecule has 1 unspecified atom stereocenters. The van der Waals surface area contributed by atoms with E-state index in [-0.39, 0.29) is 35.3 Å². The van der Waals surface area contributed by atoms with Crippen molar-refractivity contribution in [2.75, 3.05) is 12.4 Å². The van der Waals surface area contributed by atoms with Crippen molar-refractivity contribution in [1.82, 2.24) is 24.8 Å². The first-order valence-electron chi connectivity index (χ1n) is 13.3. The van der Waals surface area contributed by atoms with Crippen LogP contribution >= 0.6 is 0 Å². The first kappa shape index (κ1) is 29.9. The van der Waals surface area contributed by atoms with Crippen molar-refractivity contribution >= 4 is 22.4 Å². The highest BCUT2D eigenvalue weighted by atomic mass is 19.4. The number of nitrogens with zero attached hydrogens (tertiary/aromatic N) is 5. The number of aromatic nitrogens is 4. The first-order chi connectivity index (χ1) is 20.4. The molecule has 2 aromatic carbocycles. The summed E-state index contributed by atoms with van der Waals surface area (Å²) in [5.41, 5.74) is -0.284. The average Bonchev–Trinajstić information content (AvgIpc) is 2.97. The minimum Gasteiger partial charge on any atom is -0.338 e. The fraction of sp³-hybridized carbons (Fsp3) is 0.226. The third-order valence-electron chi connectivity index (χ3n) is 6.94.